The van der Waals surface area contributed by atoms with Crippen LogP contribution in [-0.2, 0) is 0 Å². The van der Waals surface area contributed by atoms with E-state index in [-0.39, 0.29) is 16.8 Å². The Labute approximate surface area is 86.9 Å². The molecule has 0 aliphatic carbocycles. The third-order valence-electron chi connectivity index (χ3n) is 1.48. The van der Waals surface area contributed by atoms with Crippen LogP contribution in [0.3, 0.4) is 0 Å². The van der Waals surface area contributed by atoms with Gasteiger partial charge in [0.15, 0.2) is 0 Å². The van der Waals surface area contributed by atoms with Crippen LogP contribution in [0.25, 0.3) is 0 Å². The molecular weight excluding hydrogens is 204 g/mol. The summed E-state index contributed by atoms with van der Waals surface area (Å²) in [6, 6.07) is 2.95. The van der Waals surface area contributed by atoms with Crippen LogP contribution in [0.4, 0.5) is 5.82 Å². The van der Waals surface area contributed by atoms with Crippen LogP contribution >= 0.6 is 11.6 Å². The number of anilines is 1. The van der Waals surface area contributed by atoms with Gasteiger partial charge in [0.05, 0.1) is 5.56 Å². The molecule has 1 aromatic rings. The second-order valence-electron chi connectivity index (χ2n) is 3.17. The highest BCUT2D eigenvalue weighted by atomic mass is 35.5. The van der Waals surface area contributed by atoms with E-state index < -0.39 is 5.97 Å². The third-order valence-corrected chi connectivity index (χ3v) is 1.67. The molecule has 14 heavy (non-hydrogen) atoms. The smallest absolute Gasteiger partial charge is 0.335 e. The van der Waals surface area contributed by atoms with E-state index in [0.29, 0.717) is 5.82 Å². The van der Waals surface area contributed by atoms with Crippen molar-refractivity contribution >= 4 is 23.4 Å². The predicted molar refractivity (Wildman–Crippen MR) is 55.0 cm³/mol. The largest absolute Gasteiger partial charge is 0.478 e. The van der Waals surface area contributed by atoms with Gasteiger partial charge in [-0.05, 0) is 26.0 Å². The Bertz CT molecular complexity index is 353. The molecule has 0 aromatic carbocycles. The molecule has 5 heteroatoms. The molecule has 0 aliphatic heterocycles. The van der Waals surface area contributed by atoms with Gasteiger partial charge in [-0.1, -0.05) is 11.6 Å². The molecule has 0 spiro atoms. The first-order valence-electron chi connectivity index (χ1n) is 4.16. The van der Waals surface area contributed by atoms with Crippen molar-refractivity contribution in [2.45, 2.75) is 19.9 Å². The highest BCUT2D eigenvalue weighted by molar-refractivity contribution is 6.29. The fourth-order valence-corrected chi connectivity index (χ4v) is 1.20. The van der Waals surface area contributed by atoms with Crippen LogP contribution < -0.4 is 5.32 Å². The molecule has 4 nitrogen and oxygen atoms in total. The second kappa shape index (κ2) is 4.28. The number of aromatic nitrogens is 1. The van der Waals surface area contributed by atoms with Crippen LogP contribution in [0.1, 0.15) is 24.2 Å². The van der Waals surface area contributed by atoms with Crippen LogP contribution in [0.2, 0.25) is 5.15 Å². The first-order valence-corrected chi connectivity index (χ1v) is 4.54. The van der Waals surface area contributed by atoms with Crippen molar-refractivity contribution in [3.05, 3.63) is 22.8 Å². The Kier molecular flexibility index (Phi) is 3.30. The Morgan fingerprint density at radius 1 is 1.57 bits per heavy atom. The lowest BCUT2D eigenvalue weighted by atomic mass is 10.2. The lowest BCUT2D eigenvalue weighted by molar-refractivity contribution is 0.0697. The molecule has 0 amide bonds. The van der Waals surface area contributed by atoms with E-state index in [4.69, 9.17) is 16.7 Å². The number of aromatic carboxylic acids is 1. The van der Waals surface area contributed by atoms with Crippen molar-refractivity contribution in [2.75, 3.05) is 5.32 Å². The van der Waals surface area contributed by atoms with Crippen LogP contribution in [0, 0.1) is 0 Å². The number of carbonyl (C=O) groups is 1. The maximum absolute atomic E-state index is 10.7. The minimum Gasteiger partial charge on any atom is -0.478 e. The van der Waals surface area contributed by atoms with Crippen molar-refractivity contribution in [1.82, 2.24) is 4.98 Å². The highest BCUT2D eigenvalue weighted by Gasteiger charge is 2.07. The van der Waals surface area contributed by atoms with Crippen molar-refractivity contribution in [1.29, 1.82) is 0 Å². The highest BCUT2D eigenvalue weighted by Crippen LogP contribution is 2.15. The molecule has 2 N–H and O–H groups in total. The molecule has 0 aliphatic rings. The summed E-state index contributed by atoms with van der Waals surface area (Å²) < 4.78 is 0. The number of carboxylic acids is 1. The minimum atomic E-state index is -1.01. The number of pyridine rings is 1. The van der Waals surface area contributed by atoms with E-state index in [1.54, 1.807) is 0 Å². The van der Waals surface area contributed by atoms with Gasteiger partial charge in [0, 0.05) is 6.04 Å². The number of halogens is 1. The maximum Gasteiger partial charge on any atom is 0.335 e. The topological polar surface area (TPSA) is 62.2 Å². The number of hydrogen-bond donors (Lipinski definition) is 2. The fraction of sp³-hybridized carbons (Fsp3) is 0.333. The van der Waals surface area contributed by atoms with Crippen LogP contribution in [-0.4, -0.2) is 22.1 Å². The predicted octanol–water partition coefficient (Wildman–Crippen LogP) is 2.25. The van der Waals surface area contributed by atoms with E-state index in [1.165, 1.54) is 12.1 Å². The van der Waals surface area contributed by atoms with Gasteiger partial charge in [-0.15, -0.1) is 0 Å². The van der Waals surface area contributed by atoms with Crippen molar-refractivity contribution in [2.24, 2.45) is 0 Å². The number of hydrogen-bond acceptors (Lipinski definition) is 3. The monoisotopic (exact) mass is 214 g/mol. The molecule has 0 saturated carbocycles. The van der Waals surface area contributed by atoms with Gasteiger partial charge in [-0.25, -0.2) is 9.78 Å². The first-order chi connectivity index (χ1) is 6.49. The summed E-state index contributed by atoms with van der Waals surface area (Å²) in [6.07, 6.45) is 0. The van der Waals surface area contributed by atoms with Gasteiger partial charge in [0.1, 0.15) is 11.0 Å². The number of rotatable bonds is 3. The Balaban J connectivity index is 3.01. The fourth-order valence-electron chi connectivity index (χ4n) is 0.990. The number of nitrogens with one attached hydrogen (secondary N) is 1. The molecule has 0 unspecified atom stereocenters. The average molecular weight is 215 g/mol. The summed E-state index contributed by atoms with van der Waals surface area (Å²) in [5, 5.41) is 11.9. The van der Waals surface area contributed by atoms with Gasteiger partial charge in [-0.2, -0.15) is 0 Å². The SMILES string of the molecule is CC(C)Nc1cc(C(=O)O)cc(Cl)n1. The summed E-state index contributed by atoms with van der Waals surface area (Å²) >= 11 is 5.66. The van der Waals surface area contributed by atoms with Crippen LogP contribution in [0.5, 0.6) is 0 Å². The molecule has 0 saturated heterocycles. The minimum absolute atomic E-state index is 0.133. The summed E-state index contributed by atoms with van der Waals surface area (Å²) in [5.41, 5.74) is 0.133. The van der Waals surface area contributed by atoms with Gasteiger partial charge in [0.2, 0.25) is 0 Å². The second-order valence-corrected chi connectivity index (χ2v) is 3.56. The summed E-state index contributed by atoms with van der Waals surface area (Å²) in [7, 11) is 0. The van der Waals surface area contributed by atoms with Crippen molar-refractivity contribution in [3.8, 4) is 0 Å². The van der Waals surface area contributed by atoms with E-state index >= 15 is 0 Å². The van der Waals surface area contributed by atoms with E-state index in [9.17, 15) is 4.79 Å². The normalized spacial score (nSPS) is 10.3. The van der Waals surface area contributed by atoms with E-state index in [2.05, 4.69) is 10.3 Å². The molecule has 1 aromatic heterocycles. The van der Waals surface area contributed by atoms with Crippen molar-refractivity contribution < 1.29 is 9.90 Å². The quantitative estimate of drug-likeness (QED) is 0.758. The maximum atomic E-state index is 10.7. The molecule has 0 atom stereocenters. The standard InChI is InChI=1S/C9H11ClN2O2/c1-5(2)11-8-4-6(9(13)14)3-7(10)12-8/h3-5H,1-2H3,(H,11,12)(H,13,14). The Morgan fingerprint density at radius 3 is 2.71 bits per heavy atom. The van der Waals surface area contributed by atoms with E-state index in [1.807, 2.05) is 13.8 Å². The number of carboxylic acid groups (broad SMARTS) is 1. The van der Waals surface area contributed by atoms with Crippen LogP contribution in [0.15, 0.2) is 12.1 Å². The zero-order valence-corrected chi connectivity index (χ0v) is 8.67. The summed E-state index contributed by atoms with van der Waals surface area (Å²) in [6.45, 7) is 3.87. The lowest BCUT2D eigenvalue weighted by Crippen LogP contribution is -2.12. The third kappa shape index (κ3) is 2.88. The lowest BCUT2D eigenvalue weighted by Gasteiger charge is -2.09. The van der Waals surface area contributed by atoms with Gasteiger partial charge >= 0.3 is 5.97 Å². The Hall–Kier alpha value is -1.29. The number of nitrogens with zero attached hydrogens (tertiary/aromatic N) is 1. The van der Waals surface area contributed by atoms with Gasteiger partial charge in [0.25, 0.3) is 0 Å². The molecule has 0 fully saturated rings. The van der Waals surface area contributed by atoms with E-state index in [0.717, 1.165) is 0 Å². The zero-order chi connectivity index (χ0) is 10.7. The summed E-state index contributed by atoms with van der Waals surface area (Å²) in [4.78, 5) is 14.6. The molecule has 1 heterocycles. The van der Waals surface area contributed by atoms with Gasteiger partial charge in [-0.3, -0.25) is 0 Å². The molecular formula is C9H11ClN2O2. The average Bonchev–Trinajstić information content (AvgIpc) is 2.01. The molecule has 0 radical (unpaired) electrons. The zero-order valence-electron chi connectivity index (χ0n) is 7.91. The first kappa shape index (κ1) is 10.8. The summed E-state index contributed by atoms with van der Waals surface area (Å²) in [5.74, 6) is -0.536. The van der Waals surface area contributed by atoms with Crippen molar-refractivity contribution in [3.63, 3.8) is 0 Å². The Morgan fingerprint density at radius 2 is 2.21 bits per heavy atom. The molecule has 76 valence electrons. The molecule has 1 rings (SSSR count). The molecule has 0 bridgehead atoms. The van der Waals surface area contributed by atoms with Gasteiger partial charge < -0.3 is 10.4 Å².